The third-order valence-electron chi connectivity index (χ3n) is 3.36. The van der Waals surface area contributed by atoms with Crippen molar-refractivity contribution in [1.82, 2.24) is 0 Å². The van der Waals surface area contributed by atoms with Crippen LogP contribution in [-0.2, 0) is 6.61 Å². The van der Waals surface area contributed by atoms with Gasteiger partial charge in [0.1, 0.15) is 6.61 Å². The van der Waals surface area contributed by atoms with Gasteiger partial charge in [0.25, 0.3) is 0 Å². The number of anilines is 1. The highest BCUT2D eigenvalue weighted by molar-refractivity contribution is 5.80. The molecule has 0 fully saturated rings. The molecule has 0 atom stereocenters. The van der Waals surface area contributed by atoms with Crippen LogP contribution in [0.15, 0.2) is 84.0 Å². The lowest BCUT2D eigenvalue weighted by Crippen LogP contribution is -1.98. The van der Waals surface area contributed by atoms with E-state index in [1.54, 1.807) is 24.4 Å². The summed E-state index contributed by atoms with van der Waals surface area (Å²) in [5.74, 6) is -0.107. The number of ether oxygens (including phenoxy) is 1. The molecular weight excluding hydrogens is 303 g/mol. The number of nitrogens with one attached hydrogen (secondary N) is 1. The van der Waals surface area contributed by atoms with Crippen molar-refractivity contribution < 1.29 is 9.13 Å². The lowest BCUT2D eigenvalue weighted by Gasteiger charge is -2.07. The molecular formula is C20H17FN2O. The Hall–Kier alpha value is -3.14. The summed E-state index contributed by atoms with van der Waals surface area (Å²) in [6, 6.07) is 23.9. The molecule has 0 aromatic heterocycles. The molecule has 0 radical (unpaired) electrons. The van der Waals surface area contributed by atoms with E-state index in [9.17, 15) is 4.39 Å². The molecule has 0 unspecified atom stereocenters. The molecule has 0 bridgehead atoms. The number of nitrogens with zero attached hydrogens (tertiary/aromatic N) is 1. The molecule has 120 valence electrons. The minimum absolute atomic E-state index is 0.252. The van der Waals surface area contributed by atoms with E-state index >= 15 is 0 Å². The van der Waals surface area contributed by atoms with Crippen molar-refractivity contribution in [3.05, 3.63) is 95.8 Å². The molecule has 0 amide bonds. The predicted molar refractivity (Wildman–Crippen MR) is 94.8 cm³/mol. The van der Waals surface area contributed by atoms with Crippen LogP contribution in [0.1, 0.15) is 11.1 Å². The lowest BCUT2D eigenvalue weighted by atomic mass is 10.1. The second kappa shape index (κ2) is 7.92. The van der Waals surface area contributed by atoms with Gasteiger partial charge >= 0.3 is 0 Å². The number of benzene rings is 3. The van der Waals surface area contributed by atoms with Crippen LogP contribution >= 0.6 is 0 Å². The first-order valence-corrected chi connectivity index (χ1v) is 7.62. The molecule has 4 heteroatoms. The third-order valence-corrected chi connectivity index (χ3v) is 3.36. The number of hydrazone groups is 1. The van der Waals surface area contributed by atoms with E-state index in [1.807, 2.05) is 54.6 Å². The predicted octanol–water partition coefficient (Wildman–Crippen LogP) is 4.85. The highest BCUT2D eigenvalue weighted by atomic mass is 19.1. The second-order valence-corrected chi connectivity index (χ2v) is 5.20. The van der Waals surface area contributed by atoms with Crippen LogP contribution in [0.2, 0.25) is 0 Å². The Morgan fingerprint density at radius 1 is 0.917 bits per heavy atom. The summed E-state index contributed by atoms with van der Waals surface area (Å²) >= 11 is 0. The maximum atomic E-state index is 13.5. The monoisotopic (exact) mass is 320 g/mol. The molecule has 3 nitrogen and oxygen atoms in total. The molecule has 1 N–H and O–H groups in total. The highest BCUT2D eigenvalue weighted by Crippen LogP contribution is 2.17. The van der Waals surface area contributed by atoms with Gasteiger partial charge in [0.15, 0.2) is 11.6 Å². The van der Waals surface area contributed by atoms with Crippen molar-refractivity contribution >= 4 is 11.9 Å². The average Bonchev–Trinajstić information content (AvgIpc) is 2.62. The number of hydrogen-bond acceptors (Lipinski definition) is 3. The number of para-hydroxylation sites is 2. The number of hydrogen-bond donors (Lipinski definition) is 1. The van der Waals surface area contributed by atoms with E-state index in [2.05, 4.69) is 10.5 Å². The first-order valence-electron chi connectivity index (χ1n) is 7.62. The fourth-order valence-corrected chi connectivity index (χ4v) is 2.18. The van der Waals surface area contributed by atoms with Gasteiger partial charge in [-0.3, -0.25) is 5.43 Å². The topological polar surface area (TPSA) is 33.6 Å². The fraction of sp³-hybridized carbons (Fsp3) is 0.0500. The quantitative estimate of drug-likeness (QED) is 0.520. The average molecular weight is 320 g/mol. The van der Waals surface area contributed by atoms with Crippen molar-refractivity contribution in [2.75, 3.05) is 5.43 Å². The van der Waals surface area contributed by atoms with Gasteiger partial charge in [-0.05, 0) is 41.5 Å². The van der Waals surface area contributed by atoms with Crippen molar-refractivity contribution in [2.24, 2.45) is 5.10 Å². The van der Waals surface area contributed by atoms with Crippen LogP contribution in [0.4, 0.5) is 10.1 Å². The molecule has 3 rings (SSSR count). The molecule has 0 saturated carbocycles. The van der Waals surface area contributed by atoms with Gasteiger partial charge < -0.3 is 4.74 Å². The molecule has 24 heavy (non-hydrogen) atoms. The summed E-state index contributed by atoms with van der Waals surface area (Å²) in [7, 11) is 0. The van der Waals surface area contributed by atoms with Crippen LogP contribution in [0.3, 0.4) is 0 Å². The molecule has 0 aliphatic carbocycles. The van der Waals surface area contributed by atoms with Crippen LogP contribution in [-0.4, -0.2) is 6.21 Å². The van der Waals surface area contributed by atoms with E-state index in [-0.39, 0.29) is 11.6 Å². The van der Waals surface area contributed by atoms with Crippen LogP contribution in [0.25, 0.3) is 0 Å². The van der Waals surface area contributed by atoms with Gasteiger partial charge in [-0.15, -0.1) is 0 Å². The normalized spacial score (nSPS) is 10.7. The van der Waals surface area contributed by atoms with Crippen LogP contribution in [0, 0.1) is 5.82 Å². The molecule has 0 saturated heterocycles. The molecule has 3 aromatic carbocycles. The first-order chi connectivity index (χ1) is 11.8. The second-order valence-electron chi connectivity index (χ2n) is 5.20. The largest absolute Gasteiger partial charge is 0.486 e. The smallest absolute Gasteiger partial charge is 0.165 e. The molecule has 0 aliphatic heterocycles. The molecule has 3 aromatic rings. The standard InChI is InChI=1S/C20H17FN2O/c21-19-11-4-5-12-20(19)24-15-17-8-6-7-16(13-17)14-22-23-18-9-2-1-3-10-18/h1-14,23H,15H2. The van der Waals surface area contributed by atoms with E-state index in [4.69, 9.17) is 4.74 Å². The minimum Gasteiger partial charge on any atom is -0.486 e. The summed E-state index contributed by atoms with van der Waals surface area (Å²) in [5, 5.41) is 4.21. The van der Waals surface area contributed by atoms with E-state index in [0.29, 0.717) is 6.61 Å². The SMILES string of the molecule is Fc1ccccc1OCc1cccc(C=NNc2ccccc2)c1. The zero-order valence-corrected chi connectivity index (χ0v) is 13.0. The van der Waals surface area contributed by atoms with Crippen LogP contribution < -0.4 is 10.2 Å². The van der Waals surface area contributed by atoms with Gasteiger partial charge in [-0.2, -0.15) is 5.10 Å². The van der Waals surface area contributed by atoms with Gasteiger partial charge in [-0.25, -0.2) is 4.39 Å². The maximum Gasteiger partial charge on any atom is 0.165 e. The van der Waals surface area contributed by atoms with Crippen molar-refractivity contribution in [3.8, 4) is 5.75 Å². The zero-order chi connectivity index (χ0) is 16.6. The van der Waals surface area contributed by atoms with E-state index in [1.165, 1.54) is 6.07 Å². The first kappa shape index (κ1) is 15.7. The van der Waals surface area contributed by atoms with Gasteiger partial charge in [0.05, 0.1) is 11.9 Å². The Kier molecular flexibility index (Phi) is 5.20. The van der Waals surface area contributed by atoms with Gasteiger partial charge in [0.2, 0.25) is 0 Å². The summed E-state index contributed by atoms with van der Waals surface area (Å²) in [5.41, 5.74) is 5.77. The maximum absolute atomic E-state index is 13.5. The molecule has 0 heterocycles. The Morgan fingerprint density at radius 2 is 1.71 bits per heavy atom. The Bertz CT molecular complexity index is 819. The molecule has 0 spiro atoms. The Labute approximate surface area is 140 Å². The summed E-state index contributed by atoms with van der Waals surface area (Å²) in [4.78, 5) is 0. The van der Waals surface area contributed by atoms with E-state index in [0.717, 1.165) is 16.8 Å². The van der Waals surface area contributed by atoms with Crippen molar-refractivity contribution in [1.29, 1.82) is 0 Å². The van der Waals surface area contributed by atoms with Crippen molar-refractivity contribution in [3.63, 3.8) is 0 Å². The summed E-state index contributed by atoms with van der Waals surface area (Å²) in [6.07, 6.45) is 1.74. The van der Waals surface area contributed by atoms with Crippen LogP contribution in [0.5, 0.6) is 5.75 Å². The highest BCUT2D eigenvalue weighted by Gasteiger charge is 2.02. The Morgan fingerprint density at radius 3 is 2.54 bits per heavy atom. The summed E-state index contributed by atoms with van der Waals surface area (Å²) < 4.78 is 19.1. The number of halogens is 1. The molecule has 0 aliphatic rings. The van der Waals surface area contributed by atoms with Crippen molar-refractivity contribution in [2.45, 2.75) is 6.61 Å². The van der Waals surface area contributed by atoms with Gasteiger partial charge in [0, 0.05) is 0 Å². The Balaban J connectivity index is 1.60. The van der Waals surface area contributed by atoms with Gasteiger partial charge in [-0.1, -0.05) is 48.5 Å². The third kappa shape index (κ3) is 4.43. The number of rotatable bonds is 6. The summed E-state index contributed by atoms with van der Waals surface area (Å²) in [6.45, 7) is 0.300. The van der Waals surface area contributed by atoms with E-state index < -0.39 is 0 Å². The minimum atomic E-state index is -0.359. The lowest BCUT2D eigenvalue weighted by molar-refractivity contribution is 0.290. The zero-order valence-electron chi connectivity index (χ0n) is 13.0. The fourth-order valence-electron chi connectivity index (χ4n) is 2.18.